The Morgan fingerprint density at radius 3 is 2.22 bits per heavy atom. The quantitative estimate of drug-likeness (QED) is 0.0132. The first-order valence-electron chi connectivity index (χ1n) is 24.2. The molecular weight excluding hydrogens is 955 g/mol. The number of aromatic nitrogens is 2. The molecule has 1 aliphatic heterocycles. The second-order valence-electron chi connectivity index (χ2n) is 17.2. The van der Waals surface area contributed by atoms with Crippen molar-refractivity contribution in [2.45, 2.75) is 126 Å². The van der Waals surface area contributed by atoms with Crippen LogP contribution in [0.5, 0.6) is 0 Å². The number of carbonyl (C=O) groups is 9. The minimum Gasteiger partial charge on any atom is -0.389 e. The summed E-state index contributed by atoms with van der Waals surface area (Å²) in [7, 11) is 1.79. The van der Waals surface area contributed by atoms with Gasteiger partial charge in [-0.25, -0.2) is 9.98 Å². The Morgan fingerprint density at radius 2 is 1.59 bits per heavy atom. The standard InChI is InChI=1S/C44H77N19O10/c1-25(57-42(72)35(33(64)21-47)62-38(68)27(48)10-4-6-17-52-2)37(67)55-23-34(65)58-30(12-7-16-46)43(73)63-19-9-14-32(63)41(71)61-31(20-26-22-53-24-56-26)40(70)60-29(11-3-5-15-45)39(69)59-28(36(49)66)13-8-18-54-44(50)51/h13,22,24-25,27,29,31-33,35,52,64H,3-12,14-21,23,45-48H2,1-2H3,(H2,49,66)(H,53,56)(H,55,67)(H,57,72)(H,59,69)(H,60,70)(H,61,71)(H,62,68)(H4,50,51,54)/b28-13-,58-30?/t25-,27-,29-,31-,32-,33-,35-/m0/s1. The predicted octanol–water partition coefficient (Wildman–Crippen LogP) is -6.96. The number of carbonyl (C=O) groups excluding carboxylic acids is 9. The van der Waals surface area contributed by atoms with Crippen LogP contribution in [0.2, 0.25) is 0 Å². The van der Waals surface area contributed by atoms with Crippen LogP contribution in [0.1, 0.15) is 83.2 Å². The molecule has 29 nitrogen and oxygen atoms in total. The molecule has 0 aromatic carbocycles. The van der Waals surface area contributed by atoms with Gasteiger partial charge in [-0.05, 0) is 97.8 Å². The summed E-state index contributed by atoms with van der Waals surface area (Å²) in [5.41, 5.74) is 39.1. The van der Waals surface area contributed by atoms with Crippen molar-refractivity contribution in [1.29, 1.82) is 0 Å². The van der Waals surface area contributed by atoms with Crippen LogP contribution in [0.3, 0.4) is 0 Å². The molecule has 0 saturated carbocycles. The van der Waals surface area contributed by atoms with Crippen LogP contribution < -0.4 is 77.4 Å². The summed E-state index contributed by atoms with van der Waals surface area (Å²) >= 11 is 0. The van der Waals surface area contributed by atoms with Gasteiger partial charge >= 0.3 is 0 Å². The van der Waals surface area contributed by atoms with E-state index >= 15 is 0 Å². The number of amides is 9. The minimum absolute atomic E-state index is 0.0755. The number of aliphatic hydroxyl groups excluding tert-OH is 1. The van der Waals surface area contributed by atoms with Crippen LogP contribution in [0.15, 0.2) is 34.3 Å². The van der Waals surface area contributed by atoms with E-state index < -0.39 is 109 Å². The third-order valence-electron chi connectivity index (χ3n) is 11.3. The molecule has 1 aromatic rings. The molecule has 9 amide bonds. The van der Waals surface area contributed by atoms with Crippen molar-refractivity contribution in [2.24, 2.45) is 50.1 Å². The molecule has 2 rings (SSSR count). The van der Waals surface area contributed by atoms with E-state index in [-0.39, 0.29) is 75.5 Å². The average Bonchev–Trinajstić information content (AvgIpc) is 4.08. The number of likely N-dealkylation sites (tertiary alicyclic amines) is 1. The van der Waals surface area contributed by atoms with Gasteiger partial charge < -0.3 is 92.3 Å². The van der Waals surface area contributed by atoms with Gasteiger partial charge in [-0.1, -0.05) is 12.5 Å². The SMILES string of the molecule is CNCCCC[C@H](N)C(=O)N[C@H](C(=O)N[C@@H](C)C(=O)NCC(=O)N=C(CCCN)C(=O)N1CCC[C@H]1C(=O)N[C@@H](Cc1cnc[nH]1)C(=O)N[C@@H](CCCCN)C(=O)N/C(=C\CCN=C(N)N)C(N)=O)[C@@H](O)CN. The Morgan fingerprint density at radius 1 is 0.877 bits per heavy atom. The lowest BCUT2D eigenvalue weighted by Gasteiger charge is -2.27. The zero-order valence-corrected chi connectivity index (χ0v) is 41.7. The number of H-pyrrole nitrogens is 1. The number of primary amides is 1. The van der Waals surface area contributed by atoms with Gasteiger partial charge in [0, 0.05) is 37.9 Å². The molecule has 1 fully saturated rings. The normalized spacial score (nSPS) is 16.2. The number of nitrogens with zero attached hydrogens (tertiary/aromatic N) is 4. The Hall–Kier alpha value is -6.92. The van der Waals surface area contributed by atoms with Crippen molar-refractivity contribution in [1.82, 2.24) is 52.1 Å². The second kappa shape index (κ2) is 33.7. The maximum atomic E-state index is 14.1. The molecule has 0 aliphatic carbocycles. The number of unbranched alkanes of at least 4 members (excludes halogenated alkanes) is 2. The molecule has 73 heavy (non-hydrogen) atoms. The summed E-state index contributed by atoms with van der Waals surface area (Å²) in [5.74, 6) is -7.65. The maximum Gasteiger partial charge on any atom is 0.269 e. The topological polar surface area (TPSA) is 497 Å². The summed E-state index contributed by atoms with van der Waals surface area (Å²) in [6.07, 6.45) is 5.95. The summed E-state index contributed by atoms with van der Waals surface area (Å²) < 4.78 is 0. The number of hydrogen-bond donors (Lipinski definition) is 16. The Bertz CT molecular complexity index is 2080. The molecule has 7 atom stereocenters. The van der Waals surface area contributed by atoms with Gasteiger partial charge in [0.25, 0.3) is 17.7 Å². The number of aromatic amines is 1. The molecule has 1 aliphatic rings. The third kappa shape index (κ3) is 22.6. The second-order valence-corrected chi connectivity index (χ2v) is 17.2. The lowest BCUT2D eigenvalue weighted by atomic mass is 10.1. The summed E-state index contributed by atoms with van der Waals surface area (Å²) in [4.78, 5) is 136. The number of nitrogens with two attached hydrogens (primary N) is 7. The molecular formula is C44H77N19O10. The molecule has 1 aromatic heterocycles. The molecule has 2 heterocycles. The third-order valence-corrected chi connectivity index (χ3v) is 11.3. The first-order valence-corrected chi connectivity index (χ1v) is 24.2. The number of aliphatic imine (C=N–C) groups is 2. The van der Waals surface area contributed by atoms with E-state index in [9.17, 15) is 48.3 Å². The van der Waals surface area contributed by atoms with Gasteiger partial charge in [-0.15, -0.1) is 0 Å². The fraction of sp³-hybridized carbons (Fsp3) is 0.636. The number of nitrogens with one attached hydrogen (secondary N) is 8. The van der Waals surface area contributed by atoms with Crippen LogP contribution in [-0.4, -0.2) is 180 Å². The van der Waals surface area contributed by atoms with Crippen molar-refractivity contribution >= 4 is 64.8 Å². The first kappa shape index (κ1) is 62.2. The minimum atomic E-state index is -1.56. The fourth-order valence-electron chi connectivity index (χ4n) is 7.30. The lowest BCUT2D eigenvalue weighted by Crippen LogP contribution is -2.60. The smallest absolute Gasteiger partial charge is 0.269 e. The summed E-state index contributed by atoms with van der Waals surface area (Å²) in [6.45, 7) is 1.45. The highest BCUT2D eigenvalue weighted by Crippen LogP contribution is 2.20. The van der Waals surface area contributed by atoms with Crippen molar-refractivity contribution < 1.29 is 48.3 Å². The Balaban J connectivity index is 2.23. The zero-order chi connectivity index (χ0) is 54.5. The van der Waals surface area contributed by atoms with Crippen LogP contribution in [0, 0.1) is 0 Å². The fourth-order valence-corrected chi connectivity index (χ4v) is 7.30. The van der Waals surface area contributed by atoms with Crippen LogP contribution in [0.25, 0.3) is 0 Å². The number of guanidine groups is 1. The average molecular weight is 1030 g/mol. The Kier molecular flexibility index (Phi) is 28.7. The van der Waals surface area contributed by atoms with Crippen molar-refractivity contribution in [2.75, 3.05) is 52.9 Å². The van der Waals surface area contributed by atoms with Crippen molar-refractivity contribution in [3.8, 4) is 0 Å². The number of imidazole rings is 1. The first-order chi connectivity index (χ1) is 34.8. The number of hydrogen-bond acceptors (Lipinski definition) is 17. The van der Waals surface area contributed by atoms with Crippen molar-refractivity contribution in [3.05, 3.63) is 30.0 Å². The highest BCUT2D eigenvalue weighted by molar-refractivity contribution is 6.40. The summed E-state index contributed by atoms with van der Waals surface area (Å²) in [6, 6.07) is -7.53. The number of rotatable bonds is 34. The highest BCUT2D eigenvalue weighted by Gasteiger charge is 2.38. The summed E-state index contributed by atoms with van der Waals surface area (Å²) in [5, 5.41) is 28.3. The van der Waals surface area contributed by atoms with Gasteiger partial charge in [-0.2, -0.15) is 0 Å². The van der Waals surface area contributed by atoms with E-state index in [0.29, 0.717) is 44.3 Å². The predicted molar refractivity (Wildman–Crippen MR) is 269 cm³/mol. The van der Waals surface area contributed by atoms with E-state index in [0.717, 1.165) is 13.0 Å². The molecule has 408 valence electrons. The van der Waals surface area contributed by atoms with Gasteiger partial charge in [0.2, 0.25) is 35.4 Å². The molecule has 0 bridgehead atoms. The maximum absolute atomic E-state index is 14.1. The van der Waals surface area contributed by atoms with Gasteiger partial charge in [0.15, 0.2) is 5.96 Å². The van der Waals surface area contributed by atoms with E-state index in [1.54, 1.807) is 7.05 Å². The van der Waals surface area contributed by atoms with E-state index in [2.05, 4.69) is 57.2 Å². The van der Waals surface area contributed by atoms with E-state index in [4.69, 9.17) is 40.1 Å². The molecule has 1 saturated heterocycles. The molecule has 29 heteroatoms. The van der Waals surface area contributed by atoms with Gasteiger partial charge in [0.1, 0.15) is 41.6 Å². The van der Waals surface area contributed by atoms with Crippen LogP contribution in [0.4, 0.5) is 0 Å². The Labute approximate surface area is 423 Å². The molecule has 0 radical (unpaired) electrons. The zero-order valence-electron chi connectivity index (χ0n) is 41.7. The van der Waals surface area contributed by atoms with Crippen LogP contribution >= 0.6 is 0 Å². The van der Waals surface area contributed by atoms with Crippen LogP contribution in [-0.2, 0) is 49.6 Å². The van der Waals surface area contributed by atoms with Crippen molar-refractivity contribution in [3.63, 3.8) is 0 Å². The van der Waals surface area contributed by atoms with E-state index in [1.165, 1.54) is 30.4 Å². The lowest BCUT2D eigenvalue weighted by molar-refractivity contribution is -0.136. The van der Waals surface area contributed by atoms with Gasteiger partial charge in [0.05, 0.1) is 25.0 Å². The molecule has 0 spiro atoms. The number of aliphatic hydroxyl groups is 1. The monoisotopic (exact) mass is 1030 g/mol. The highest BCUT2D eigenvalue weighted by atomic mass is 16.3. The largest absolute Gasteiger partial charge is 0.389 e. The van der Waals surface area contributed by atoms with E-state index in [1.807, 2.05) is 0 Å². The molecule has 0 unspecified atom stereocenters. The molecule has 23 N–H and O–H groups in total. The van der Waals surface area contributed by atoms with Gasteiger partial charge in [-0.3, -0.25) is 48.1 Å².